The van der Waals surface area contributed by atoms with Crippen LogP contribution in [0.2, 0.25) is 0 Å². The van der Waals surface area contributed by atoms with E-state index in [2.05, 4.69) is 45.7 Å². The Morgan fingerprint density at radius 2 is 1.75 bits per heavy atom. The van der Waals surface area contributed by atoms with Gasteiger partial charge in [-0.15, -0.1) is 0 Å². The van der Waals surface area contributed by atoms with Crippen molar-refractivity contribution in [3.63, 3.8) is 0 Å². The first-order chi connectivity index (χ1) is 5.63. The van der Waals surface area contributed by atoms with E-state index >= 15 is 0 Å². The fraction of sp³-hybridized carbons (Fsp3) is 1.00. The van der Waals surface area contributed by atoms with Crippen molar-refractivity contribution >= 4 is 31.9 Å². The summed E-state index contributed by atoms with van der Waals surface area (Å²) in [6.07, 6.45) is 6.75. The number of hydrogen-bond donors (Lipinski definition) is 0. The van der Waals surface area contributed by atoms with Crippen molar-refractivity contribution < 1.29 is 0 Å². The van der Waals surface area contributed by atoms with Crippen molar-refractivity contribution in [2.75, 3.05) is 0 Å². The number of hydrogen-bond acceptors (Lipinski definition) is 0. The summed E-state index contributed by atoms with van der Waals surface area (Å²) in [5.74, 6) is 0. The van der Waals surface area contributed by atoms with Crippen molar-refractivity contribution in [3.8, 4) is 0 Å². The molecule has 0 amide bonds. The smallest absolute Gasteiger partial charge is 0.0276 e. The van der Waals surface area contributed by atoms with Crippen LogP contribution in [0, 0.1) is 5.41 Å². The van der Waals surface area contributed by atoms with Crippen LogP contribution in [0.25, 0.3) is 0 Å². The molecule has 2 unspecified atom stereocenters. The topological polar surface area (TPSA) is 0 Å². The minimum absolute atomic E-state index is 0.637. The molecule has 2 heteroatoms. The molecule has 1 fully saturated rings. The number of alkyl halides is 2. The Labute approximate surface area is 92.8 Å². The molecule has 0 aromatic heterocycles. The summed E-state index contributed by atoms with van der Waals surface area (Å²) in [5, 5.41) is 0. The monoisotopic (exact) mass is 296 g/mol. The van der Waals surface area contributed by atoms with E-state index in [4.69, 9.17) is 0 Å². The fourth-order valence-corrected chi connectivity index (χ4v) is 3.53. The minimum Gasteiger partial charge on any atom is -0.0879 e. The summed E-state index contributed by atoms with van der Waals surface area (Å²) >= 11 is 7.48. The zero-order valence-electron chi connectivity index (χ0n) is 7.95. The maximum Gasteiger partial charge on any atom is 0.0276 e. The van der Waals surface area contributed by atoms with Crippen LogP contribution in [0.15, 0.2) is 0 Å². The van der Waals surface area contributed by atoms with Crippen LogP contribution in [0.1, 0.15) is 46.0 Å². The van der Waals surface area contributed by atoms with Crippen LogP contribution < -0.4 is 0 Å². The van der Waals surface area contributed by atoms with E-state index in [9.17, 15) is 0 Å². The number of rotatable bonds is 2. The normalized spacial score (nSPS) is 35.0. The summed E-state index contributed by atoms with van der Waals surface area (Å²) in [7, 11) is 0. The lowest BCUT2D eigenvalue weighted by Crippen LogP contribution is -2.33. The van der Waals surface area contributed by atoms with Crippen LogP contribution >= 0.6 is 31.9 Å². The molecule has 1 aliphatic rings. The Balaban J connectivity index is 2.58. The zero-order chi connectivity index (χ0) is 9.19. The molecule has 1 rings (SSSR count). The van der Waals surface area contributed by atoms with Gasteiger partial charge >= 0.3 is 0 Å². The molecule has 0 heterocycles. The molecule has 0 aromatic carbocycles. The molecule has 1 saturated carbocycles. The second kappa shape index (κ2) is 4.45. The standard InChI is InChI=1S/C10H18Br2/c1-3-10(4-2)6-5-8(11)9(12)7-10/h8-9H,3-7H2,1-2H3. The largest absolute Gasteiger partial charge is 0.0879 e. The molecular weight excluding hydrogens is 280 g/mol. The third-order valence-corrected chi connectivity index (χ3v) is 6.24. The van der Waals surface area contributed by atoms with Crippen molar-refractivity contribution in [3.05, 3.63) is 0 Å². The van der Waals surface area contributed by atoms with Crippen LogP contribution in [-0.4, -0.2) is 9.65 Å². The maximum atomic E-state index is 3.76. The Kier molecular flexibility index (Phi) is 4.10. The Morgan fingerprint density at radius 3 is 2.17 bits per heavy atom. The molecule has 12 heavy (non-hydrogen) atoms. The summed E-state index contributed by atoms with van der Waals surface area (Å²) in [4.78, 5) is 1.38. The van der Waals surface area contributed by atoms with E-state index in [0.29, 0.717) is 15.1 Å². The Bertz CT molecular complexity index is 141. The van der Waals surface area contributed by atoms with E-state index in [-0.39, 0.29) is 0 Å². The lowest BCUT2D eigenvalue weighted by atomic mass is 9.70. The molecule has 0 bridgehead atoms. The van der Waals surface area contributed by atoms with Crippen molar-refractivity contribution in [1.82, 2.24) is 0 Å². The molecule has 1 aliphatic carbocycles. The molecule has 0 aliphatic heterocycles. The molecular formula is C10H18Br2. The van der Waals surface area contributed by atoms with Gasteiger partial charge in [-0.25, -0.2) is 0 Å². The van der Waals surface area contributed by atoms with Gasteiger partial charge in [0.05, 0.1) is 0 Å². The summed E-state index contributed by atoms with van der Waals surface area (Å²) in [6.45, 7) is 4.66. The SMILES string of the molecule is CCC1(CC)CCC(Br)C(Br)C1. The van der Waals surface area contributed by atoms with Gasteiger partial charge in [-0.3, -0.25) is 0 Å². The predicted molar refractivity (Wildman–Crippen MR) is 62.3 cm³/mol. The highest BCUT2D eigenvalue weighted by atomic mass is 79.9. The highest BCUT2D eigenvalue weighted by molar-refractivity contribution is 9.12. The second-order valence-corrected chi connectivity index (χ2v) is 6.33. The van der Waals surface area contributed by atoms with Crippen LogP contribution in [0.4, 0.5) is 0 Å². The van der Waals surface area contributed by atoms with Gasteiger partial charge in [0, 0.05) is 9.65 Å². The van der Waals surface area contributed by atoms with Crippen LogP contribution in [0.5, 0.6) is 0 Å². The first kappa shape index (κ1) is 11.0. The molecule has 0 aromatic rings. The molecule has 0 N–H and O–H groups in total. The minimum atomic E-state index is 0.637. The maximum absolute atomic E-state index is 3.76. The van der Waals surface area contributed by atoms with E-state index in [0.717, 1.165) is 0 Å². The first-order valence-corrected chi connectivity index (χ1v) is 6.75. The molecule has 0 nitrogen and oxygen atoms in total. The van der Waals surface area contributed by atoms with E-state index in [1.807, 2.05) is 0 Å². The van der Waals surface area contributed by atoms with Gasteiger partial charge in [0.2, 0.25) is 0 Å². The molecule has 0 radical (unpaired) electrons. The van der Waals surface area contributed by atoms with Gasteiger partial charge in [-0.2, -0.15) is 0 Å². The second-order valence-electron chi connectivity index (χ2n) is 3.98. The van der Waals surface area contributed by atoms with Crippen molar-refractivity contribution in [1.29, 1.82) is 0 Å². The summed E-state index contributed by atoms with van der Waals surface area (Å²) in [6, 6.07) is 0. The van der Waals surface area contributed by atoms with Crippen molar-refractivity contribution in [2.24, 2.45) is 5.41 Å². The highest BCUT2D eigenvalue weighted by Gasteiger charge is 2.36. The number of halogens is 2. The molecule has 2 atom stereocenters. The third-order valence-electron chi connectivity index (χ3n) is 3.47. The first-order valence-electron chi connectivity index (χ1n) is 4.91. The van der Waals surface area contributed by atoms with Gasteiger partial charge in [-0.1, -0.05) is 58.5 Å². The van der Waals surface area contributed by atoms with Gasteiger partial charge < -0.3 is 0 Å². The molecule has 72 valence electrons. The van der Waals surface area contributed by atoms with Gasteiger partial charge in [-0.05, 0) is 24.7 Å². The van der Waals surface area contributed by atoms with Gasteiger partial charge in [0.1, 0.15) is 0 Å². The zero-order valence-corrected chi connectivity index (χ0v) is 11.1. The van der Waals surface area contributed by atoms with E-state index in [1.165, 1.54) is 32.1 Å². The average molecular weight is 298 g/mol. The van der Waals surface area contributed by atoms with Crippen LogP contribution in [0.3, 0.4) is 0 Å². The summed E-state index contributed by atoms with van der Waals surface area (Å²) < 4.78 is 0. The highest BCUT2D eigenvalue weighted by Crippen LogP contribution is 2.46. The Hall–Kier alpha value is 0.960. The van der Waals surface area contributed by atoms with Gasteiger partial charge in [0.15, 0.2) is 0 Å². The predicted octanol–water partition coefficient (Wildman–Crippen LogP) is 4.50. The quantitative estimate of drug-likeness (QED) is 0.658. The van der Waals surface area contributed by atoms with E-state index < -0.39 is 0 Å². The van der Waals surface area contributed by atoms with E-state index in [1.54, 1.807) is 0 Å². The third kappa shape index (κ3) is 2.25. The molecule has 0 spiro atoms. The van der Waals surface area contributed by atoms with Gasteiger partial charge in [0.25, 0.3) is 0 Å². The van der Waals surface area contributed by atoms with Crippen LogP contribution in [-0.2, 0) is 0 Å². The average Bonchev–Trinajstić information content (AvgIpc) is 2.10. The van der Waals surface area contributed by atoms with Crippen molar-refractivity contribution in [2.45, 2.75) is 55.6 Å². The lowest BCUT2D eigenvalue weighted by molar-refractivity contribution is 0.184. The molecule has 0 saturated heterocycles. The lowest BCUT2D eigenvalue weighted by Gasteiger charge is -2.40. The fourth-order valence-electron chi connectivity index (χ4n) is 2.16. The Morgan fingerprint density at radius 1 is 1.17 bits per heavy atom. The summed E-state index contributed by atoms with van der Waals surface area (Å²) in [5.41, 5.74) is 0.637.